The second-order valence-electron chi connectivity index (χ2n) is 9.03. The van der Waals surface area contributed by atoms with Gasteiger partial charge in [-0.2, -0.15) is 10.4 Å². The van der Waals surface area contributed by atoms with Crippen LogP contribution in [0.4, 0.5) is 22.1 Å². The molecule has 0 unspecified atom stereocenters. The number of hydrogen-bond donors (Lipinski definition) is 3. The van der Waals surface area contributed by atoms with E-state index in [4.69, 9.17) is 20.3 Å². The molecule has 188 valence electrons. The van der Waals surface area contributed by atoms with Gasteiger partial charge in [-0.15, -0.1) is 0 Å². The van der Waals surface area contributed by atoms with Crippen LogP contribution in [-0.4, -0.2) is 32.9 Å². The Labute approximate surface area is 213 Å². The van der Waals surface area contributed by atoms with Gasteiger partial charge in [0.2, 0.25) is 5.88 Å². The number of ether oxygens (including phenoxy) is 2. The van der Waals surface area contributed by atoms with E-state index in [0.29, 0.717) is 17.3 Å². The second kappa shape index (κ2) is 10.2. The van der Waals surface area contributed by atoms with Crippen LogP contribution in [0.3, 0.4) is 0 Å². The van der Waals surface area contributed by atoms with Gasteiger partial charge in [-0.05, 0) is 48.5 Å². The minimum Gasteiger partial charge on any atom is -0.497 e. The first-order chi connectivity index (χ1) is 17.7. The van der Waals surface area contributed by atoms with Crippen LogP contribution in [0.1, 0.15) is 32.0 Å². The molecular formula is C26H26N8O3. The third-order valence-corrected chi connectivity index (χ3v) is 5.32. The molecule has 4 rings (SSSR count). The zero-order valence-corrected chi connectivity index (χ0v) is 20.8. The monoisotopic (exact) mass is 498 g/mol. The predicted molar refractivity (Wildman–Crippen MR) is 139 cm³/mol. The molecule has 0 aliphatic rings. The molecule has 2 aromatic heterocycles. The number of aromatic nitrogens is 4. The van der Waals surface area contributed by atoms with Crippen LogP contribution in [0.25, 0.3) is 5.69 Å². The van der Waals surface area contributed by atoms with E-state index in [1.807, 2.05) is 36.4 Å². The Balaban J connectivity index is 1.49. The second-order valence-corrected chi connectivity index (χ2v) is 9.03. The van der Waals surface area contributed by atoms with Crippen molar-refractivity contribution in [3.05, 3.63) is 72.2 Å². The van der Waals surface area contributed by atoms with E-state index in [0.717, 1.165) is 17.1 Å². The van der Waals surface area contributed by atoms with Crippen molar-refractivity contribution in [2.24, 2.45) is 0 Å². The molecule has 2 aromatic carbocycles. The molecule has 37 heavy (non-hydrogen) atoms. The van der Waals surface area contributed by atoms with Crippen molar-refractivity contribution in [1.82, 2.24) is 19.7 Å². The highest BCUT2D eigenvalue weighted by molar-refractivity contribution is 5.99. The first-order valence-electron chi connectivity index (χ1n) is 11.3. The number of nitrogens with zero attached hydrogens (tertiary/aromatic N) is 5. The van der Waals surface area contributed by atoms with Crippen LogP contribution >= 0.6 is 0 Å². The standard InChI is InChI=1S/C26H26N8O3/c1-26(2,3)21-13-22(34(33-21)17-7-11-18(36-4)12-8-17)32-25(35)31-16-5-9-19(10-6-16)37-24-20(14-27)23(28)29-15-30-24/h5-13,15H,1-4H3,(H2,28,29,30)(H2,31,32,35). The smallest absolute Gasteiger partial charge is 0.324 e. The van der Waals surface area contributed by atoms with Crippen LogP contribution in [0.5, 0.6) is 17.4 Å². The van der Waals surface area contributed by atoms with Gasteiger partial charge in [-0.3, -0.25) is 5.32 Å². The molecule has 0 atom stereocenters. The number of benzene rings is 2. The molecule has 4 N–H and O–H groups in total. The van der Waals surface area contributed by atoms with Crippen molar-refractivity contribution in [3.63, 3.8) is 0 Å². The number of rotatable bonds is 6. The quantitative estimate of drug-likeness (QED) is 0.341. The fraction of sp³-hybridized carbons (Fsp3) is 0.192. The number of urea groups is 1. The van der Waals surface area contributed by atoms with Gasteiger partial charge in [0.25, 0.3) is 0 Å². The van der Waals surface area contributed by atoms with E-state index < -0.39 is 6.03 Å². The maximum Gasteiger partial charge on any atom is 0.324 e. The average molecular weight is 499 g/mol. The maximum absolute atomic E-state index is 12.8. The van der Waals surface area contributed by atoms with Crippen molar-refractivity contribution in [1.29, 1.82) is 5.26 Å². The summed E-state index contributed by atoms with van der Waals surface area (Å²) in [5.41, 5.74) is 7.64. The van der Waals surface area contributed by atoms with Crippen LogP contribution in [-0.2, 0) is 5.41 Å². The van der Waals surface area contributed by atoms with Crippen LogP contribution < -0.4 is 25.8 Å². The van der Waals surface area contributed by atoms with Gasteiger partial charge in [0.05, 0.1) is 18.5 Å². The third-order valence-electron chi connectivity index (χ3n) is 5.32. The first kappa shape index (κ1) is 25.0. The van der Waals surface area contributed by atoms with Gasteiger partial charge >= 0.3 is 6.03 Å². The number of carbonyl (C=O) groups is 1. The molecule has 0 bridgehead atoms. The molecule has 0 fully saturated rings. The van der Waals surface area contributed by atoms with Crippen LogP contribution in [0, 0.1) is 11.3 Å². The van der Waals surface area contributed by atoms with E-state index in [-0.39, 0.29) is 22.7 Å². The summed E-state index contributed by atoms with van der Waals surface area (Å²) in [6, 6.07) is 17.3. The number of carbonyl (C=O) groups excluding carboxylic acids is 1. The Morgan fingerprint density at radius 1 is 1.03 bits per heavy atom. The fourth-order valence-electron chi connectivity index (χ4n) is 3.32. The Kier molecular flexibility index (Phi) is 6.92. The normalized spacial score (nSPS) is 10.9. The fourth-order valence-corrected chi connectivity index (χ4v) is 3.32. The average Bonchev–Trinajstić information content (AvgIpc) is 3.29. The zero-order chi connectivity index (χ0) is 26.6. The Morgan fingerprint density at radius 3 is 2.32 bits per heavy atom. The van der Waals surface area contributed by atoms with Crippen LogP contribution in [0.15, 0.2) is 60.9 Å². The molecule has 4 aromatic rings. The Hall–Kier alpha value is -5.11. The summed E-state index contributed by atoms with van der Waals surface area (Å²) >= 11 is 0. The van der Waals surface area contributed by atoms with Gasteiger partial charge in [-0.1, -0.05) is 20.8 Å². The summed E-state index contributed by atoms with van der Waals surface area (Å²) in [5.74, 6) is 1.73. The van der Waals surface area contributed by atoms with Gasteiger partial charge < -0.3 is 20.5 Å². The van der Waals surface area contributed by atoms with E-state index in [2.05, 4.69) is 41.4 Å². The van der Waals surface area contributed by atoms with Crippen molar-refractivity contribution >= 4 is 23.4 Å². The highest BCUT2D eigenvalue weighted by Crippen LogP contribution is 2.28. The number of nitriles is 1. The topological polar surface area (TPSA) is 153 Å². The number of amides is 2. The van der Waals surface area contributed by atoms with Gasteiger partial charge in [0.1, 0.15) is 35.5 Å². The Bertz CT molecular complexity index is 1450. The SMILES string of the molecule is COc1ccc(-n2nc(C(C)(C)C)cc2NC(=O)Nc2ccc(Oc3ncnc(N)c3C#N)cc2)cc1. The lowest BCUT2D eigenvalue weighted by Crippen LogP contribution is -2.21. The van der Waals surface area contributed by atoms with Gasteiger partial charge in [-0.25, -0.2) is 19.4 Å². The van der Waals surface area contributed by atoms with Gasteiger partial charge in [0.15, 0.2) is 5.56 Å². The van der Waals surface area contributed by atoms with Crippen molar-refractivity contribution < 1.29 is 14.3 Å². The lowest BCUT2D eigenvalue weighted by atomic mass is 9.92. The summed E-state index contributed by atoms with van der Waals surface area (Å²) in [5, 5.41) is 19.6. The van der Waals surface area contributed by atoms with E-state index in [9.17, 15) is 10.1 Å². The molecule has 0 saturated carbocycles. The first-order valence-corrected chi connectivity index (χ1v) is 11.3. The maximum atomic E-state index is 12.8. The summed E-state index contributed by atoms with van der Waals surface area (Å²) in [6.07, 6.45) is 1.22. The summed E-state index contributed by atoms with van der Waals surface area (Å²) in [6.45, 7) is 6.16. The van der Waals surface area contributed by atoms with Crippen molar-refractivity contribution in [2.45, 2.75) is 26.2 Å². The third kappa shape index (κ3) is 5.76. The van der Waals surface area contributed by atoms with E-state index >= 15 is 0 Å². The molecule has 0 saturated heterocycles. The summed E-state index contributed by atoms with van der Waals surface area (Å²) < 4.78 is 12.6. The lowest BCUT2D eigenvalue weighted by molar-refractivity contribution is 0.262. The minimum absolute atomic E-state index is 0.0333. The van der Waals surface area contributed by atoms with E-state index in [1.54, 1.807) is 36.1 Å². The van der Waals surface area contributed by atoms with Gasteiger partial charge in [0, 0.05) is 17.2 Å². The number of hydrogen-bond acceptors (Lipinski definition) is 8. The molecule has 11 heteroatoms. The predicted octanol–water partition coefficient (Wildman–Crippen LogP) is 4.86. The largest absolute Gasteiger partial charge is 0.497 e. The molecule has 0 radical (unpaired) electrons. The number of anilines is 3. The minimum atomic E-state index is -0.445. The molecule has 11 nitrogen and oxygen atoms in total. The lowest BCUT2D eigenvalue weighted by Gasteiger charge is -2.14. The highest BCUT2D eigenvalue weighted by Gasteiger charge is 2.21. The van der Waals surface area contributed by atoms with Crippen molar-refractivity contribution in [3.8, 4) is 29.1 Å². The molecule has 0 aliphatic carbocycles. The highest BCUT2D eigenvalue weighted by atomic mass is 16.5. The molecule has 2 heterocycles. The van der Waals surface area contributed by atoms with Crippen LogP contribution in [0.2, 0.25) is 0 Å². The zero-order valence-electron chi connectivity index (χ0n) is 20.8. The molecular weight excluding hydrogens is 472 g/mol. The number of nitrogens with one attached hydrogen (secondary N) is 2. The Morgan fingerprint density at radius 2 is 1.70 bits per heavy atom. The summed E-state index contributed by atoms with van der Waals surface area (Å²) in [7, 11) is 1.60. The summed E-state index contributed by atoms with van der Waals surface area (Å²) in [4.78, 5) is 20.6. The molecule has 0 spiro atoms. The van der Waals surface area contributed by atoms with Crippen molar-refractivity contribution in [2.75, 3.05) is 23.5 Å². The molecule has 2 amide bonds. The number of nitrogens with two attached hydrogens (primary N) is 1. The van der Waals surface area contributed by atoms with E-state index in [1.165, 1.54) is 6.33 Å². The molecule has 0 aliphatic heterocycles. The number of nitrogen functional groups attached to an aromatic ring is 1. The number of methoxy groups -OCH3 is 1.